The number of benzene rings is 1. The predicted molar refractivity (Wildman–Crippen MR) is 88.3 cm³/mol. The van der Waals surface area contributed by atoms with Crippen LogP contribution in [0.1, 0.15) is 13.8 Å². The molecule has 0 aliphatic rings. The summed E-state index contributed by atoms with van der Waals surface area (Å²) in [6, 6.07) is 4.81. The Balaban J connectivity index is 2.55. The van der Waals surface area contributed by atoms with E-state index in [9.17, 15) is 21.6 Å². The smallest absolute Gasteiger partial charge is 0.319 e. The molecule has 0 aliphatic heterocycles. The van der Waals surface area contributed by atoms with Crippen LogP contribution in [0, 0.1) is 5.92 Å². The molecule has 1 aromatic rings. The largest absolute Gasteiger partial charge is 0.337 e. The molecule has 0 heterocycles. The molecule has 0 aromatic heterocycles. The Morgan fingerprint density at radius 2 is 1.87 bits per heavy atom. The van der Waals surface area contributed by atoms with Crippen LogP contribution in [0.3, 0.4) is 0 Å². The summed E-state index contributed by atoms with van der Waals surface area (Å²) >= 11 is 0. The average molecular weight is 363 g/mol. The molecule has 0 fully saturated rings. The molecule has 0 radical (unpaired) electrons. The normalized spacial score (nSPS) is 12.2. The number of primary sulfonamides is 1. The van der Waals surface area contributed by atoms with E-state index in [0.29, 0.717) is 0 Å². The van der Waals surface area contributed by atoms with Gasteiger partial charge in [-0.15, -0.1) is 0 Å². The van der Waals surface area contributed by atoms with Crippen LogP contribution < -0.4 is 15.8 Å². The highest BCUT2D eigenvalue weighted by atomic mass is 32.2. The lowest BCUT2D eigenvalue weighted by atomic mass is 10.3. The van der Waals surface area contributed by atoms with Gasteiger partial charge in [-0.1, -0.05) is 19.9 Å². The number of sulfone groups is 1. The van der Waals surface area contributed by atoms with Gasteiger partial charge >= 0.3 is 6.03 Å². The van der Waals surface area contributed by atoms with Crippen molar-refractivity contribution in [1.82, 2.24) is 5.32 Å². The van der Waals surface area contributed by atoms with Crippen LogP contribution in [0.5, 0.6) is 0 Å². The van der Waals surface area contributed by atoms with Gasteiger partial charge in [0.1, 0.15) is 0 Å². The summed E-state index contributed by atoms with van der Waals surface area (Å²) in [4.78, 5) is 11.6. The number of carbonyl (C=O) groups excluding carboxylic acids is 1. The Morgan fingerprint density at radius 3 is 2.43 bits per heavy atom. The highest BCUT2D eigenvalue weighted by molar-refractivity contribution is 7.91. The summed E-state index contributed by atoms with van der Waals surface area (Å²) in [5.41, 5.74) is 0.235. The number of sulfonamides is 1. The number of nitrogens with one attached hydrogen (secondary N) is 2. The molecule has 130 valence electrons. The zero-order valence-electron chi connectivity index (χ0n) is 12.9. The minimum absolute atomic E-state index is 0.0229. The first-order chi connectivity index (χ1) is 10.5. The Labute approximate surface area is 136 Å². The lowest BCUT2D eigenvalue weighted by molar-refractivity contribution is 0.252. The number of rotatable bonds is 7. The van der Waals surface area contributed by atoms with E-state index in [1.165, 1.54) is 24.3 Å². The Morgan fingerprint density at radius 1 is 1.22 bits per heavy atom. The Hall–Kier alpha value is -1.65. The Bertz CT molecular complexity index is 758. The number of anilines is 1. The second-order valence-corrected chi connectivity index (χ2v) is 9.25. The topological polar surface area (TPSA) is 135 Å². The maximum Gasteiger partial charge on any atom is 0.319 e. The molecule has 8 nitrogen and oxygen atoms in total. The second kappa shape index (κ2) is 7.75. The van der Waals surface area contributed by atoms with E-state index in [-0.39, 0.29) is 34.6 Å². The summed E-state index contributed by atoms with van der Waals surface area (Å²) in [7, 11) is -7.07. The fourth-order valence-corrected chi connectivity index (χ4v) is 3.99. The zero-order valence-corrected chi connectivity index (χ0v) is 14.6. The van der Waals surface area contributed by atoms with Crippen LogP contribution in [0.25, 0.3) is 0 Å². The number of hydrogen-bond donors (Lipinski definition) is 3. The van der Waals surface area contributed by atoms with Crippen molar-refractivity contribution in [2.24, 2.45) is 11.1 Å². The maximum absolute atomic E-state index is 11.7. The van der Waals surface area contributed by atoms with E-state index in [1.807, 2.05) is 0 Å². The molecule has 0 unspecified atom stereocenters. The van der Waals surface area contributed by atoms with Crippen molar-refractivity contribution < 1.29 is 21.6 Å². The third-order valence-electron chi connectivity index (χ3n) is 2.71. The SMILES string of the molecule is CC(C)CS(=O)(=O)CCNC(=O)Nc1cccc(S(N)(=O)=O)c1. The van der Waals surface area contributed by atoms with Crippen LogP contribution in [-0.2, 0) is 19.9 Å². The third-order valence-corrected chi connectivity index (χ3v) is 5.62. The van der Waals surface area contributed by atoms with Crippen LogP contribution >= 0.6 is 0 Å². The van der Waals surface area contributed by atoms with Crippen molar-refractivity contribution in [3.63, 3.8) is 0 Å². The van der Waals surface area contributed by atoms with Gasteiger partial charge in [-0.05, 0) is 24.1 Å². The quantitative estimate of drug-likeness (QED) is 0.649. The van der Waals surface area contributed by atoms with Crippen LogP contribution in [0.2, 0.25) is 0 Å². The number of hydrogen-bond acceptors (Lipinski definition) is 5. The summed E-state index contributed by atoms with van der Waals surface area (Å²) in [5, 5.41) is 9.83. The van der Waals surface area contributed by atoms with E-state index < -0.39 is 25.9 Å². The van der Waals surface area contributed by atoms with E-state index in [4.69, 9.17) is 5.14 Å². The average Bonchev–Trinajstić information content (AvgIpc) is 2.36. The standard InChI is InChI=1S/C13H21N3O5S2/c1-10(2)9-22(18,19)7-6-15-13(17)16-11-4-3-5-12(8-11)23(14,20)21/h3-5,8,10H,6-7,9H2,1-2H3,(H2,14,20,21)(H2,15,16,17). The second-order valence-electron chi connectivity index (χ2n) is 5.46. The van der Waals surface area contributed by atoms with Gasteiger partial charge in [0.2, 0.25) is 10.0 Å². The van der Waals surface area contributed by atoms with Crippen molar-refractivity contribution in [1.29, 1.82) is 0 Å². The fraction of sp³-hybridized carbons (Fsp3) is 0.462. The molecule has 4 N–H and O–H groups in total. The lowest BCUT2D eigenvalue weighted by Crippen LogP contribution is -2.33. The van der Waals surface area contributed by atoms with Gasteiger partial charge in [0.25, 0.3) is 0 Å². The van der Waals surface area contributed by atoms with Gasteiger partial charge in [0.05, 0.1) is 16.4 Å². The third kappa shape index (κ3) is 7.44. The highest BCUT2D eigenvalue weighted by Gasteiger charge is 2.14. The van der Waals surface area contributed by atoms with E-state index in [2.05, 4.69) is 10.6 Å². The summed E-state index contributed by atoms with van der Waals surface area (Å²) < 4.78 is 45.8. The molecular formula is C13H21N3O5S2. The minimum Gasteiger partial charge on any atom is -0.337 e. The molecule has 23 heavy (non-hydrogen) atoms. The number of urea groups is 1. The molecule has 10 heteroatoms. The van der Waals surface area contributed by atoms with Crippen molar-refractivity contribution in [2.45, 2.75) is 18.7 Å². The molecule has 0 atom stereocenters. The zero-order chi connectivity index (χ0) is 17.7. The first-order valence-electron chi connectivity index (χ1n) is 6.88. The number of nitrogens with two attached hydrogens (primary N) is 1. The number of amides is 2. The maximum atomic E-state index is 11.7. The molecule has 0 saturated carbocycles. The van der Waals surface area contributed by atoms with E-state index in [1.54, 1.807) is 13.8 Å². The predicted octanol–water partition coefficient (Wildman–Crippen LogP) is 0.526. The van der Waals surface area contributed by atoms with E-state index in [0.717, 1.165) is 0 Å². The Kier molecular flexibility index (Phi) is 6.54. The van der Waals surface area contributed by atoms with E-state index >= 15 is 0 Å². The summed E-state index contributed by atoms with van der Waals surface area (Å²) in [5.74, 6) is -0.0718. The molecule has 1 aromatic carbocycles. The molecule has 0 aliphatic carbocycles. The monoisotopic (exact) mass is 363 g/mol. The van der Waals surface area contributed by atoms with Gasteiger partial charge < -0.3 is 10.6 Å². The van der Waals surface area contributed by atoms with Crippen LogP contribution in [-0.4, -0.2) is 40.9 Å². The molecule has 1 rings (SSSR count). The molecular weight excluding hydrogens is 342 g/mol. The molecule has 0 spiro atoms. The first kappa shape index (κ1) is 19.4. The first-order valence-corrected chi connectivity index (χ1v) is 10.2. The van der Waals surface area contributed by atoms with Crippen molar-refractivity contribution in [3.05, 3.63) is 24.3 Å². The lowest BCUT2D eigenvalue weighted by Gasteiger charge is -2.10. The van der Waals surface area contributed by atoms with Crippen LogP contribution in [0.4, 0.5) is 10.5 Å². The molecule has 2 amide bonds. The van der Waals surface area contributed by atoms with Crippen molar-refractivity contribution >= 4 is 31.6 Å². The minimum atomic E-state index is -3.86. The van der Waals surface area contributed by atoms with Crippen molar-refractivity contribution in [2.75, 3.05) is 23.4 Å². The van der Waals surface area contributed by atoms with Gasteiger partial charge in [0, 0.05) is 12.2 Å². The summed E-state index contributed by atoms with van der Waals surface area (Å²) in [6.45, 7) is 3.57. The molecule has 0 bridgehead atoms. The van der Waals surface area contributed by atoms with Crippen molar-refractivity contribution in [3.8, 4) is 0 Å². The number of carbonyl (C=O) groups is 1. The van der Waals surface area contributed by atoms with Gasteiger partial charge in [-0.25, -0.2) is 26.8 Å². The van der Waals surface area contributed by atoms with Gasteiger partial charge in [-0.2, -0.15) is 0 Å². The van der Waals surface area contributed by atoms with Crippen LogP contribution in [0.15, 0.2) is 29.2 Å². The summed E-state index contributed by atoms with van der Waals surface area (Å²) in [6.07, 6.45) is 0. The van der Waals surface area contributed by atoms with Gasteiger partial charge in [-0.3, -0.25) is 0 Å². The highest BCUT2D eigenvalue weighted by Crippen LogP contribution is 2.13. The van der Waals surface area contributed by atoms with Gasteiger partial charge in [0.15, 0.2) is 9.84 Å². The fourth-order valence-electron chi connectivity index (χ4n) is 1.84. The molecule has 0 saturated heterocycles.